The summed E-state index contributed by atoms with van der Waals surface area (Å²) in [6.07, 6.45) is 3.43. The molecule has 4 fully saturated rings. The third-order valence-electron chi connectivity index (χ3n) is 6.52. The fourth-order valence-corrected chi connectivity index (χ4v) is 5.45. The van der Waals surface area contributed by atoms with Crippen molar-refractivity contribution in [2.75, 3.05) is 18.0 Å². The van der Waals surface area contributed by atoms with Gasteiger partial charge in [0.1, 0.15) is 11.5 Å². The number of rotatable bonds is 4. The highest BCUT2D eigenvalue weighted by molar-refractivity contribution is 6.31. The van der Waals surface area contributed by atoms with E-state index in [9.17, 15) is 13.6 Å². The minimum absolute atomic E-state index is 0.0117. The number of aryl methyl sites for hydroxylation is 1. The number of alkyl halides is 1. The molecule has 1 aromatic carbocycles. The predicted octanol–water partition coefficient (Wildman–Crippen LogP) is 3.76. The van der Waals surface area contributed by atoms with E-state index in [2.05, 4.69) is 15.2 Å². The Morgan fingerprint density at radius 3 is 2.67 bits per heavy atom. The van der Waals surface area contributed by atoms with Crippen molar-refractivity contribution in [3.05, 3.63) is 46.5 Å². The van der Waals surface area contributed by atoms with Gasteiger partial charge < -0.3 is 16.0 Å². The molecular formula is C22H23ClF2N4O. The molecule has 0 unspecified atom stereocenters. The van der Waals surface area contributed by atoms with Gasteiger partial charge in [0.2, 0.25) is 0 Å². The standard InChI is InChI=1S/C22H23ClF2N4O/c1-12-18(13-4-14(23)6-15(24)5-13)19(29-3-2-16(26)8-29)17(7-27-12)20(30)28-22-9-21(25,10-22)11-22/h4-7,16H,2-3,8-11,26H2,1H3,(H,28,30)/t16-,21?,22?/m0/s1. The number of carbonyl (C=O) groups is 1. The largest absolute Gasteiger partial charge is 0.369 e. The third-order valence-corrected chi connectivity index (χ3v) is 6.74. The molecule has 3 N–H and O–H groups in total. The number of carbonyl (C=O) groups excluding carboxylic acids is 1. The van der Waals surface area contributed by atoms with E-state index in [1.54, 1.807) is 12.3 Å². The molecule has 158 valence electrons. The summed E-state index contributed by atoms with van der Waals surface area (Å²) in [5, 5.41) is 3.29. The number of hydrogen-bond donors (Lipinski definition) is 2. The Morgan fingerprint density at radius 1 is 1.33 bits per heavy atom. The zero-order valence-corrected chi connectivity index (χ0v) is 17.4. The molecule has 1 atom stereocenters. The van der Waals surface area contributed by atoms with Gasteiger partial charge in [0, 0.05) is 66.4 Å². The minimum Gasteiger partial charge on any atom is -0.369 e. The number of halogens is 3. The van der Waals surface area contributed by atoms with Gasteiger partial charge in [-0.15, -0.1) is 0 Å². The second-order valence-corrected chi connectivity index (χ2v) is 9.49. The average Bonchev–Trinajstić information content (AvgIpc) is 3.04. The highest BCUT2D eigenvalue weighted by Crippen LogP contribution is 2.63. The molecule has 1 aliphatic heterocycles. The van der Waals surface area contributed by atoms with Crippen LogP contribution in [0.2, 0.25) is 5.02 Å². The molecule has 6 rings (SSSR count). The lowest BCUT2D eigenvalue weighted by Gasteiger charge is -2.65. The van der Waals surface area contributed by atoms with Gasteiger partial charge >= 0.3 is 0 Å². The molecule has 5 nitrogen and oxygen atoms in total. The lowest BCUT2D eigenvalue weighted by atomic mass is 9.47. The second kappa shape index (κ2) is 6.62. The molecule has 0 spiro atoms. The van der Waals surface area contributed by atoms with Gasteiger partial charge in [0.05, 0.1) is 11.3 Å². The maximum absolute atomic E-state index is 14.1. The molecule has 2 bridgehead atoms. The number of anilines is 1. The first-order chi connectivity index (χ1) is 14.2. The van der Waals surface area contributed by atoms with Crippen LogP contribution in [-0.4, -0.2) is 41.2 Å². The van der Waals surface area contributed by atoms with Crippen LogP contribution in [0.15, 0.2) is 24.4 Å². The number of benzene rings is 1. The van der Waals surface area contributed by atoms with Gasteiger partial charge in [0.15, 0.2) is 0 Å². The van der Waals surface area contributed by atoms with Gasteiger partial charge in [-0.3, -0.25) is 9.78 Å². The highest BCUT2D eigenvalue weighted by atomic mass is 35.5. The summed E-state index contributed by atoms with van der Waals surface area (Å²) < 4.78 is 28.1. The molecule has 2 heterocycles. The molecule has 1 amide bonds. The Kier molecular flexibility index (Phi) is 4.35. The molecule has 0 radical (unpaired) electrons. The van der Waals surface area contributed by atoms with Crippen molar-refractivity contribution in [3.8, 4) is 11.1 Å². The van der Waals surface area contributed by atoms with Crippen LogP contribution < -0.4 is 16.0 Å². The van der Waals surface area contributed by atoms with Gasteiger partial charge in [-0.1, -0.05) is 11.6 Å². The number of nitrogens with one attached hydrogen (secondary N) is 1. The lowest BCUT2D eigenvalue weighted by Crippen LogP contribution is -2.76. The van der Waals surface area contributed by atoms with Gasteiger partial charge in [0.25, 0.3) is 5.91 Å². The number of hydrogen-bond acceptors (Lipinski definition) is 4. The number of nitrogens with two attached hydrogens (primary N) is 1. The minimum atomic E-state index is -1.10. The van der Waals surface area contributed by atoms with E-state index in [0.29, 0.717) is 60.4 Å². The molecule has 1 saturated heterocycles. The third kappa shape index (κ3) is 3.15. The fourth-order valence-electron chi connectivity index (χ4n) is 5.23. The Hall–Kier alpha value is -2.25. The van der Waals surface area contributed by atoms with Crippen LogP contribution in [0.4, 0.5) is 14.5 Å². The van der Waals surface area contributed by atoms with E-state index in [1.807, 2.05) is 6.92 Å². The van der Waals surface area contributed by atoms with Gasteiger partial charge in [-0.2, -0.15) is 0 Å². The fraction of sp³-hybridized carbons (Fsp3) is 0.455. The zero-order valence-electron chi connectivity index (χ0n) is 16.6. The number of nitrogens with zero attached hydrogens (tertiary/aromatic N) is 2. The first-order valence-electron chi connectivity index (χ1n) is 10.2. The van der Waals surface area contributed by atoms with E-state index in [1.165, 1.54) is 12.1 Å². The molecule has 3 saturated carbocycles. The van der Waals surface area contributed by atoms with Crippen molar-refractivity contribution in [2.45, 2.75) is 49.9 Å². The maximum atomic E-state index is 14.1. The Balaban J connectivity index is 1.60. The topological polar surface area (TPSA) is 71.2 Å². The van der Waals surface area contributed by atoms with E-state index in [-0.39, 0.29) is 17.0 Å². The molecular weight excluding hydrogens is 410 g/mol. The SMILES string of the molecule is Cc1ncc(C(=O)NC23CC(F)(C2)C3)c(N2CC[C@H](N)C2)c1-c1cc(F)cc(Cl)c1. The van der Waals surface area contributed by atoms with Crippen molar-refractivity contribution in [2.24, 2.45) is 5.73 Å². The van der Waals surface area contributed by atoms with Gasteiger partial charge in [-0.05, 0) is 37.1 Å². The Morgan fingerprint density at radius 2 is 2.07 bits per heavy atom. The van der Waals surface area contributed by atoms with Crippen molar-refractivity contribution >= 4 is 23.2 Å². The number of aromatic nitrogens is 1. The first kappa shape index (κ1) is 19.7. The van der Waals surface area contributed by atoms with Crippen LogP contribution in [0.5, 0.6) is 0 Å². The van der Waals surface area contributed by atoms with Crippen molar-refractivity contribution in [3.63, 3.8) is 0 Å². The molecule has 1 aromatic heterocycles. The summed E-state index contributed by atoms with van der Waals surface area (Å²) in [5.41, 5.74) is 7.54. The number of pyridine rings is 1. The second-order valence-electron chi connectivity index (χ2n) is 9.05. The number of amides is 1. The molecule has 4 aliphatic rings. The van der Waals surface area contributed by atoms with E-state index in [0.717, 1.165) is 6.42 Å². The van der Waals surface area contributed by atoms with Crippen LogP contribution in [0.3, 0.4) is 0 Å². The van der Waals surface area contributed by atoms with Gasteiger partial charge in [-0.25, -0.2) is 8.78 Å². The molecule has 3 aliphatic carbocycles. The monoisotopic (exact) mass is 432 g/mol. The summed E-state index contributed by atoms with van der Waals surface area (Å²) >= 11 is 6.11. The molecule has 8 heteroatoms. The molecule has 30 heavy (non-hydrogen) atoms. The summed E-state index contributed by atoms with van der Waals surface area (Å²) in [7, 11) is 0. The summed E-state index contributed by atoms with van der Waals surface area (Å²) in [6.45, 7) is 3.08. The van der Waals surface area contributed by atoms with Crippen LogP contribution >= 0.6 is 11.6 Å². The van der Waals surface area contributed by atoms with Crippen molar-refractivity contribution in [1.29, 1.82) is 0 Å². The van der Waals surface area contributed by atoms with Crippen molar-refractivity contribution < 1.29 is 13.6 Å². The Labute approximate surface area is 178 Å². The lowest BCUT2D eigenvalue weighted by molar-refractivity contribution is -0.162. The highest BCUT2D eigenvalue weighted by Gasteiger charge is 2.70. The van der Waals surface area contributed by atoms with Crippen LogP contribution in [0.25, 0.3) is 11.1 Å². The summed E-state index contributed by atoms with van der Waals surface area (Å²) in [6, 6.07) is 4.29. The predicted molar refractivity (Wildman–Crippen MR) is 112 cm³/mol. The Bertz CT molecular complexity index is 1020. The van der Waals surface area contributed by atoms with Crippen LogP contribution in [-0.2, 0) is 0 Å². The van der Waals surface area contributed by atoms with E-state index < -0.39 is 17.0 Å². The first-order valence-corrected chi connectivity index (χ1v) is 10.5. The van der Waals surface area contributed by atoms with E-state index >= 15 is 0 Å². The maximum Gasteiger partial charge on any atom is 0.255 e. The van der Waals surface area contributed by atoms with E-state index in [4.69, 9.17) is 17.3 Å². The smallest absolute Gasteiger partial charge is 0.255 e. The van der Waals surface area contributed by atoms with Crippen LogP contribution in [0, 0.1) is 12.7 Å². The average molecular weight is 433 g/mol. The quantitative estimate of drug-likeness (QED) is 0.771. The molecule has 2 aromatic rings. The summed E-state index contributed by atoms with van der Waals surface area (Å²) in [4.78, 5) is 19.7. The zero-order chi connectivity index (χ0) is 21.3. The van der Waals surface area contributed by atoms with Crippen LogP contribution in [0.1, 0.15) is 41.7 Å². The summed E-state index contributed by atoms with van der Waals surface area (Å²) in [5.74, 6) is -0.749. The van der Waals surface area contributed by atoms with Crippen molar-refractivity contribution in [1.82, 2.24) is 10.3 Å². The normalized spacial score (nSPS) is 29.4.